The van der Waals surface area contributed by atoms with E-state index in [1.54, 1.807) is 23.8 Å². The highest BCUT2D eigenvalue weighted by Gasteiger charge is 2.38. The average molecular weight is 382 g/mol. The Morgan fingerprint density at radius 3 is 2.62 bits per heavy atom. The minimum atomic E-state index is -0.705. The lowest BCUT2D eigenvalue weighted by molar-refractivity contribution is 0.0952. The lowest BCUT2D eigenvalue weighted by atomic mass is 9.61. The number of aliphatic hydroxyl groups is 1. The van der Waals surface area contributed by atoms with E-state index in [0.29, 0.717) is 11.5 Å². The van der Waals surface area contributed by atoms with Gasteiger partial charge in [-0.15, -0.1) is 0 Å². The molecule has 3 heterocycles. The molecule has 3 saturated carbocycles. The fourth-order valence-electron chi connectivity index (χ4n) is 4.89. The molecular formula is C24H22N4O. The van der Waals surface area contributed by atoms with Gasteiger partial charge in [0.1, 0.15) is 12.2 Å². The zero-order chi connectivity index (χ0) is 20.0. The molecule has 0 saturated heterocycles. The highest BCUT2D eigenvalue weighted by atomic mass is 16.3. The van der Waals surface area contributed by atoms with Gasteiger partial charge in [0, 0.05) is 40.7 Å². The van der Waals surface area contributed by atoms with Crippen molar-refractivity contribution in [2.24, 2.45) is 11.8 Å². The fourth-order valence-corrected chi connectivity index (χ4v) is 4.89. The van der Waals surface area contributed by atoms with E-state index in [4.69, 9.17) is 4.98 Å². The van der Waals surface area contributed by atoms with Crippen molar-refractivity contribution in [3.05, 3.63) is 53.6 Å². The molecular weight excluding hydrogens is 360 g/mol. The van der Waals surface area contributed by atoms with E-state index in [9.17, 15) is 10.4 Å². The Labute approximate surface area is 170 Å². The van der Waals surface area contributed by atoms with E-state index in [2.05, 4.69) is 35.1 Å². The Balaban J connectivity index is 1.55. The van der Waals surface area contributed by atoms with Crippen molar-refractivity contribution < 1.29 is 5.11 Å². The van der Waals surface area contributed by atoms with Gasteiger partial charge in [0.2, 0.25) is 0 Å². The van der Waals surface area contributed by atoms with Crippen LogP contribution in [-0.2, 0) is 0 Å². The van der Waals surface area contributed by atoms with Crippen molar-refractivity contribution in [1.29, 1.82) is 5.26 Å². The third-order valence-corrected chi connectivity index (χ3v) is 6.24. The zero-order valence-corrected chi connectivity index (χ0v) is 16.3. The van der Waals surface area contributed by atoms with Crippen LogP contribution in [0.4, 0.5) is 0 Å². The SMILES string of the molecule is CC(O)C#Cc1cc(-c2ccc(C3CC4CC(C4)C3)nc2)c2c(C#N)cnn2c1. The Bertz CT molecular complexity index is 1160. The quantitative estimate of drug-likeness (QED) is 0.682. The van der Waals surface area contributed by atoms with Gasteiger partial charge in [0.25, 0.3) is 0 Å². The molecule has 5 nitrogen and oxygen atoms in total. The van der Waals surface area contributed by atoms with Crippen molar-refractivity contribution in [3.63, 3.8) is 0 Å². The van der Waals surface area contributed by atoms with Crippen LogP contribution in [0.1, 0.15) is 55.3 Å². The molecule has 3 aliphatic carbocycles. The second-order valence-corrected chi connectivity index (χ2v) is 8.39. The maximum absolute atomic E-state index is 9.50. The summed E-state index contributed by atoms with van der Waals surface area (Å²) in [5, 5.41) is 23.3. The Morgan fingerprint density at radius 1 is 1.17 bits per heavy atom. The van der Waals surface area contributed by atoms with Crippen LogP contribution < -0.4 is 0 Å². The van der Waals surface area contributed by atoms with Crippen LogP contribution in [-0.4, -0.2) is 25.8 Å². The summed E-state index contributed by atoms with van der Waals surface area (Å²) in [5.41, 5.74) is 5.00. The number of hydrogen-bond donors (Lipinski definition) is 1. The van der Waals surface area contributed by atoms with Crippen LogP contribution in [0.15, 0.2) is 36.8 Å². The van der Waals surface area contributed by atoms with Gasteiger partial charge < -0.3 is 5.11 Å². The maximum atomic E-state index is 9.50. The van der Waals surface area contributed by atoms with E-state index >= 15 is 0 Å². The first-order valence-corrected chi connectivity index (χ1v) is 10.2. The van der Waals surface area contributed by atoms with E-state index in [1.165, 1.54) is 31.4 Å². The van der Waals surface area contributed by atoms with Gasteiger partial charge in [-0.1, -0.05) is 17.9 Å². The summed E-state index contributed by atoms with van der Waals surface area (Å²) >= 11 is 0. The molecule has 0 amide bonds. The predicted molar refractivity (Wildman–Crippen MR) is 110 cm³/mol. The van der Waals surface area contributed by atoms with Gasteiger partial charge in [0.05, 0.1) is 17.3 Å². The molecule has 2 bridgehead atoms. The van der Waals surface area contributed by atoms with Crippen molar-refractivity contribution >= 4 is 5.52 Å². The van der Waals surface area contributed by atoms with E-state index in [1.807, 2.05) is 12.3 Å². The number of rotatable bonds is 2. The topological polar surface area (TPSA) is 74.2 Å². The molecule has 3 aromatic rings. The van der Waals surface area contributed by atoms with Crippen LogP contribution in [0, 0.1) is 35.0 Å². The first kappa shape index (κ1) is 17.9. The van der Waals surface area contributed by atoms with Gasteiger partial charge in [-0.2, -0.15) is 10.4 Å². The Hall–Kier alpha value is -3.15. The number of nitrogens with zero attached hydrogens (tertiary/aromatic N) is 4. The minimum Gasteiger partial charge on any atom is -0.381 e. The van der Waals surface area contributed by atoms with E-state index < -0.39 is 6.10 Å². The first-order valence-electron chi connectivity index (χ1n) is 10.2. The third kappa shape index (κ3) is 3.28. The predicted octanol–water partition coefficient (Wildman–Crippen LogP) is 3.90. The molecule has 3 fully saturated rings. The zero-order valence-electron chi connectivity index (χ0n) is 16.3. The summed E-state index contributed by atoms with van der Waals surface area (Å²) in [6.07, 6.45) is 9.90. The molecule has 1 unspecified atom stereocenters. The summed E-state index contributed by atoms with van der Waals surface area (Å²) in [6.45, 7) is 1.63. The van der Waals surface area contributed by atoms with Gasteiger partial charge in [-0.25, -0.2) is 4.52 Å². The lowest BCUT2D eigenvalue weighted by Gasteiger charge is -2.45. The number of fused-ring (bicyclic) bond motifs is 3. The van der Waals surface area contributed by atoms with Crippen LogP contribution in [0.25, 0.3) is 16.6 Å². The molecule has 29 heavy (non-hydrogen) atoms. The monoisotopic (exact) mass is 382 g/mol. The van der Waals surface area contributed by atoms with Gasteiger partial charge in [-0.05, 0) is 56.6 Å². The summed E-state index contributed by atoms with van der Waals surface area (Å²) in [6, 6.07) is 8.40. The van der Waals surface area contributed by atoms with Crippen molar-refractivity contribution in [2.45, 2.75) is 44.6 Å². The number of hydrogen-bond acceptors (Lipinski definition) is 4. The molecule has 3 aromatic heterocycles. The molecule has 1 N–H and O–H groups in total. The average Bonchev–Trinajstić information content (AvgIpc) is 3.14. The Kier molecular flexibility index (Phi) is 4.34. The molecule has 5 heteroatoms. The summed E-state index contributed by atoms with van der Waals surface area (Å²) in [5.74, 6) is 8.13. The normalized spacial score (nSPS) is 23.6. The van der Waals surface area contributed by atoms with Crippen molar-refractivity contribution in [2.75, 3.05) is 0 Å². The van der Waals surface area contributed by atoms with Crippen molar-refractivity contribution in [1.82, 2.24) is 14.6 Å². The lowest BCUT2D eigenvalue weighted by Crippen LogP contribution is -2.33. The number of aromatic nitrogens is 3. The third-order valence-electron chi connectivity index (χ3n) is 6.24. The molecule has 0 aliphatic heterocycles. The fraction of sp³-hybridized carbons (Fsp3) is 0.375. The molecule has 3 aliphatic rings. The molecule has 1 atom stereocenters. The van der Waals surface area contributed by atoms with Crippen molar-refractivity contribution in [3.8, 4) is 29.0 Å². The smallest absolute Gasteiger partial charge is 0.112 e. The Morgan fingerprint density at radius 2 is 1.97 bits per heavy atom. The summed E-state index contributed by atoms with van der Waals surface area (Å²) in [4.78, 5) is 4.80. The van der Waals surface area contributed by atoms with Gasteiger partial charge >= 0.3 is 0 Å². The number of nitriles is 1. The van der Waals surface area contributed by atoms with Gasteiger partial charge in [0.15, 0.2) is 0 Å². The largest absolute Gasteiger partial charge is 0.381 e. The van der Waals surface area contributed by atoms with E-state index in [0.717, 1.165) is 34.0 Å². The van der Waals surface area contributed by atoms with E-state index in [-0.39, 0.29) is 0 Å². The number of pyridine rings is 2. The summed E-state index contributed by atoms with van der Waals surface area (Å²) in [7, 11) is 0. The molecule has 0 aromatic carbocycles. The van der Waals surface area contributed by atoms with Crippen LogP contribution in [0.2, 0.25) is 0 Å². The van der Waals surface area contributed by atoms with Crippen LogP contribution >= 0.6 is 0 Å². The summed E-state index contributed by atoms with van der Waals surface area (Å²) < 4.78 is 1.68. The molecule has 6 rings (SSSR count). The highest BCUT2D eigenvalue weighted by molar-refractivity contribution is 5.85. The molecule has 0 radical (unpaired) electrons. The highest BCUT2D eigenvalue weighted by Crippen LogP contribution is 2.51. The molecule has 0 spiro atoms. The van der Waals surface area contributed by atoms with Crippen LogP contribution in [0.3, 0.4) is 0 Å². The standard InChI is InChI=1S/C24H22N4O/c1-15(29)2-3-16-10-22(24-21(11-25)13-27-28(24)14-16)19-4-5-23(26-12-19)20-8-17-6-18(7-17)9-20/h4-5,10,12-15,17-18,20,29H,6-9H2,1H3. The van der Waals surface area contributed by atoms with Gasteiger partial charge in [-0.3, -0.25) is 4.98 Å². The minimum absolute atomic E-state index is 0.520. The first-order chi connectivity index (χ1) is 14.1. The molecule has 144 valence electrons. The number of aliphatic hydroxyl groups excluding tert-OH is 1. The maximum Gasteiger partial charge on any atom is 0.112 e. The second kappa shape index (κ2) is 7.03. The second-order valence-electron chi connectivity index (χ2n) is 8.39. The van der Waals surface area contributed by atoms with Crippen LogP contribution in [0.5, 0.6) is 0 Å².